The zero-order valence-electron chi connectivity index (χ0n) is 17.4. The lowest BCUT2D eigenvalue weighted by atomic mass is 10.2. The minimum atomic E-state index is -3.87. The number of carbonyl (C=O) groups is 2. The Morgan fingerprint density at radius 3 is 2.33 bits per heavy atom. The van der Waals surface area contributed by atoms with Crippen LogP contribution in [0.15, 0.2) is 53.4 Å². The number of rotatable bonds is 9. The van der Waals surface area contributed by atoms with Crippen LogP contribution >= 0.6 is 0 Å². The summed E-state index contributed by atoms with van der Waals surface area (Å²) in [6.07, 6.45) is 0.763. The van der Waals surface area contributed by atoms with E-state index in [4.69, 9.17) is 9.47 Å². The number of carbonyl (C=O) groups excluding carboxylic acids is 2. The minimum Gasteiger partial charge on any atom is -0.495 e. The first-order valence-corrected chi connectivity index (χ1v) is 10.8. The molecule has 0 saturated carbocycles. The average molecular weight is 435 g/mol. The Labute approximate surface area is 176 Å². The smallest absolute Gasteiger partial charge is 0.338 e. The van der Waals surface area contributed by atoms with Crippen LogP contribution < -0.4 is 14.4 Å². The lowest BCUT2D eigenvalue weighted by Gasteiger charge is -2.21. The van der Waals surface area contributed by atoms with E-state index in [-0.39, 0.29) is 16.5 Å². The maximum Gasteiger partial charge on any atom is 0.338 e. The number of para-hydroxylation sites is 2. The highest BCUT2D eigenvalue weighted by Crippen LogP contribution is 2.30. The number of benzene rings is 2. The third-order valence-corrected chi connectivity index (χ3v) is 6.31. The Balaban J connectivity index is 2.10. The first kappa shape index (κ1) is 23.2. The van der Waals surface area contributed by atoms with Crippen LogP contribution in [0.2, 0.25) is 0 Å². The normalized spacial score (nSPS) is 12.0. The van der Waals surface area contributed by atoms with Crippen molar-refractivity contribution in [3.05, 3.63) is 54.1 Å². The molecule has 2 aromatic carbocycles. The SMILES string of the molecule is CC[C@@H](C)NC(=O)COC(=O)c1ccc(S(=O)(=O)N(C)c2ccccc2OC)cc1. The van der Waals surface area contributed by atoms with Crippen molar-refractivity contribution in [2.24, 2.45) is 0 Å². The summed E-state index contributed by atoms with van der Waals surface area (Å²) < 4.78 is 37.2. The Kier molecular flexibility index (Phi) is 7.82. The van der Waals surface area contributed by atoms with E-state index >= 15 is 0 Å². The van der Waals surface area contributed by atoms with Crippen LogP contribution in [0.5, 0.6) is 5.75 Å². The molecule has 0 aliphatic rings. The van der Waals surface area contributed by atoms with Gasteiger partial charge in [-0.05, 0) is 49.7 Å². The highest BCUT2D eigenvalue weighted by atomic mass is 32.2. The molecule has 1 amide bonds. The molecular formula is C21H26N2O6S. The van der Waals surface area contributed by atoms with Crippen molar-refractivity contribution in [2.75, 3.05) is 25.1 Å². The topological polar surface area (TPSA) is 102 Å². The van der Waals surface area contributed by atoms with Crippen LogP contribution in [0.4, 0.5) is 5.69 Å². The van der Waals surface area contributed by atoms with Crippen LogP contribution in [0.3, 0.4) is 0 Å². The van der Waals surface area contributed by atoms with Crippen LogP contribution in [-0.4, -0.2) is 47.1 Å². The summed E-state index contributed by atoms with van der Waals surface area (Å²) in [5, 5.41) is 2.69. The van der Waals surface area contributed by atoms with Gasteiger partial charge in [-0.3, -0.25) is 9.10 Å². The highest BCUT2D eigenvalue weighted by molar-refractivity contribution is 7.92. The van der Waals surface area contributed by atoms with Gasteiger partial charge in [-0.2, -0.15) is 0 Å². The Hall–Kier alpha value is -3.07. The highest BCUT2D eigenvalue weighted by Gasteiger charge is 2.24. The van der Waals surface area contributed by atoms with Gasteiger partial charge in [-0.1, -0.05) is 19.1 Å². The number of methoxy groups -OCH3 is 1. The number of amides is 1. The third kappa shape index (κ3) is 5.50. The summed E-state index contributed by atoms with van der Waals surface area (Å²) in [6, 6.07) is 12.1. The molecule has 0 aliphatic carbocycles. The van der Waals surface area contributed by atoms with E-state index in [0.717, 1.165) is 10.7 Å². The standard InChI is InChI=1S/C21H26N2O6S/c1-5-15(2)22-20(24)14-29-21(25)16-10-12-17(13-11-16)30(26,27)23(3)18-8-6-7-9-19(18)28-4/h6-13,15H,5,14H2,1-4H3,(H,22,24)/t15-/m1/s1. The second-order valence-corrected chi connectivity index (χ2v) is 8.59. The molecule has 162 valence electrons. The molecule has 0 bridgehead atoms. The molecule has 0 radical (unpaired) electrons. The summed E-state index contributed by atoms with van der Waals surface area (Å²) in [4.78, 5) is 23.8. The van der Waals surface area contributed by atoms with E-state index in [1.54, 1.807) is 24.3 Å². The fourth-order valence-electron chi connectivity index (χ4n) is 2.57. The maximum absolute atomic E-state index is 12.9. The van der Waals surface area contributed by atoms with Crippen molar-refractivity contribution in [3.8, 4) is 5.75 Å². The van der Waals surface area contributed by atoms with Gasteiger partial charge in [-0.15, -0.1) is 0 Å². The summed E-state index contributed by atoms with van der Waals surface area (Å²) in [5.41, 5.74) is 0.529. The molecule has 0 aromatic heterocycles. The molecule has 0 fully saturated rings. The number of hydrogen-bond acceptors (Lipinski definition) is 6. The number of esters is 1. The van der Waals surface area contributed by atoms with E-state index in [2.05, 4.69) is 5.32 Å². The van der Waals surface area contributed by atoms with Crippen LogP contribution in [0, 0.1) is 0 Å². The van der Waals surface area contributed by atoms with Gasteiger partial charge in [0.2, 0.25) is 0 Å². The van der Waals surface area contributed by atoms with Gasteiger partial charge < -0.3 is 14.8 Å². The number of nitrogens with zero attached hydrogens (tertiary/aromatic N) is 1. The van der Waals surface area contributed by atoms with Crippen molar-refractivity contribution in [2.45, 2.75) is 31.2 Å². The average Bonchev–Trinajstić information content (AvgIpc) is 2.76. The Bertz CT molecular complexity index is 989. The van der Waals surface area contributed by atoms with Gasteiger partial charge in [0.1, 0.15) is 5.75 Å². The molecule has 2 rings (SSSR count). The van der Waals surface area contributed by atoms with E-state index in [1.807, 2.05) is 13.8 Å². The summed E-state index contributed by atoms with van der Waals surface area (Å²) >= 11 is 0. The van der Waals surface area contributed by atoms with Crippen molar-refractivity contribution in [1.82, 2.24) is 5.32 Å². The number of sulfonamides is 1. The first-order valence-electron chi connectivity index (χ1n) is 9.39. The quantitative estimate of drug-likeness (QED) is 0.609. The molecule has 0 aliphatic heterocycles. The summed E-state index contributed by atoms with van der Waals surface area (Å²) in [5.74, 6) is -0.689. The summed E-state index contributed by atoms with van der Waals surface area (Å²) in [7, 11) is -0.989. The molecule has 0 spiro atoms. The largest absolute Gasteiger partial charge is 0.495 e. The number of hydrogen-bond donors (Lipinski definition) is 1. The molecule has 0 unspecified atom stereocenters. The van der Waals surface area contributed by atoms with Gasteiger partial charge in [0.25, 0.3) is 15.9 Å². The van der Waals surface area contributed by atoms with Gasteiger partial charge in [-0.25, -0.2) is 13.2 Å². The molecule has 0 heterocycles. The molecule has 1 N–H and O–H groups in total. The minimum absolute atomic E-state index is 0.00182. The number of nitrogens with one attached hydrogen (secondary N) is 1. The molecular weight excluding hydrogens is 408 g/mol. The van der Waals surface area contributed by atoms with Crippen molar-refractivity contribution in [3.63, 3.8) is 0 Å². The third-order valence-electron chi connectivity index (χ3n) is 4.53. The predicted molar refractivity (Wildman–Crippen MR) is 113 cm³/mol. The lowest BCUT2D eigenvalue weighted by molar-refractivity contribution is -0.124. The summed E-state index contributed by atoms with van der Waals surface area (Å²) in [6.45, 7) is 3.37. The second-order valence-electron chi connectivity index (χ2n) is 6.62. The molecule has 8 nitrogen and oxygen atoms in total. The lowest BCUT2D eigenvalue weighted by Crippen LogP contribution is -2.35. The number of ether oxygens (including phenoxy) is 2. The Morgan fingerprint density at radius 1 is 1.10 bits per heavy atom. The molecule has 0 saturated heterocycles. The van der Waals surface area contributed by atoms with Crippen LogP contribution in [-0.2, 0) is 19.6 Å². The fraction of sp³-hybridized carbons (Fsp3) is 0.333. The number of anilines is 1. The van der Waals surface area contributed by atoms with Gasteiger partial charge in [0, 0.05) is 13.1 Å². The fourth-order valence-corrected chi connectivity index (χ4v) is 3.78. The zero-order valence-corrected chi connectivity index (χ0v) is 18.2. The zero-order chi connectivity index (χ0) is 22.3. The Morgan fingerprint density at radius 2 is 1.73 bits per heavy atom. The monoisotopic (exact) mass is 434 g/mol. The van der Waals surface area contributed by atoms with Gasteiger partial charge in [0.05, 0.1) is 23.3 Å². The molecule has 9 heteroatoms. The molecule has 30 heavy (non-hydrogen) atoms. The van der Waals surface area contributed by atoms with E-state index in [9.17, 15) is 18.0 Å². The molecule has 2 aromatic rings. The van der Waals surface area contributed by atoms with Gasteiger partial charge in [0.15, 0.2) is 6.61 Å². The van der Waals surface area contributed by atoms with Crippen LogP contribution in [0.25, 0.3) is 0 Å². The van der Waals surface area contributed by atoms with E-state index in [1.165, 1.54) is 38.4 Å². The van der Waals surface area contributed by atoms with E-state index in [0.29, 0.717) is 11.4 Å². The van der Waals surface area contributed by atoms with Crippen molar-refractivity contribution < 1.29 is 27.5 Å². The van der Waals surface area contributed by atoms with Crippen molar-refractivity contribution >= 4 is 27.6 Å². The van der Waals surface area contributed by atoms with Crippen LogP contribution in [0.1, 0.15) is 30.6 Å². The predicted octanol–water partition coefficient (Wildman–Crippen LogP) is 2.59. The van der Waals surface area contributed by atoms with Gasteiger partial charge >= 0.3 is 5.97 Å². The molecule has 1 atom stereocenters. The second kappa shape index (κ2) is 10.1. The maximum atomic E-state index is 12.9. The van der Waals surface area contributed by atoms with E-state index < -0.39 is 28.5 Å². The first-order chi connectivity index (χ1) is 14.2. The van der Waals surface area contributed by atoms with Crippen molar-refractivity contribution in [1.29, 1.82) is 0 Å².